The average Bonchev–Trinajstić information content (AvgIpc) is 2.69. The zero-order valence-electron chi connectivity index (χ0n) is 12.3. The van der Waals surface area contributed by atoms with Crippen LogP contribution in [0.25, 0.3) is 0 Å². The molecule has 1 aromatic rings. The lowest BCUT2D eigenvalue weighted by Gasteiger charge is -2.47. The third-order valence-electron chi connectivity index (χ3n) is 4.99. The summed E-state index contributed by atoms with van der Waals surface area (Å²) >= 11 is 0. The third kappa shape index (κ3) is 2.31. The van der Waals surface area contributed by atoms with Crippen LogP contribution in [0.4, 0.5) is 0 Å². The average molecular weight is 259 g/mol. The van der Waals surface area contributed by atoms with Gasteiger partial charge < -0.3 is 5.11 Å². The smallest absolute Gasteiger partial charge is 0.0738 e. The Morgan fingerprint density at radius 2 is 2.11 bits per heavy atom. The van der Waals surface area contributed by atoms with E-state index in [0.29, 0.717) is 5.92 Å². The molecule has 0 aliphatic heterocycles. The van der Waals surface area contributed by atoms with Gasteiger partial charge in [-0.15, -0.1) is 0 Å². The first kappa shape index (κ1) is 13.1. The molecule has 0 saturated heterocycles. The molecule has 2 heteroatoms. The van der Waals surface area contributed by atoms with Gasteiger partial charge in [0, 0.05) is 17.8 Å². The second-order valence-electron chi connectivity index (χ2n) is 7.60. The molecule has 3 unspecified atom stereocenters. The molecule has 0 spiro atoms. The molecule has 0 bridgehead atoms. The summed E-state index contributed by atoms with van der Waals surface area (Å²) in [5.41, 5.74) is 2.19. The van der Waals surface area contributed by atoms with Crippen LogP contribution in [0, 0.1) is 11.3 Å². The minimum absolute atomic E-state index is 0.240. The largest absolute Gasteiger partial charge is 0.389 e. The van der Waals surface area contributed by atoms with E-state index in [2.05, 4.69) is 31.8 Å². The molecule has 104 valence electrons. The Balaban J connectivity index is 1.93. The minimum atomic E-state index is -0.555. The van der Waals surface area contributed by atoms with Gasteiger partial charge in [-0.3, -0.25) is 4.98 Å². The van der Waals surface area contributed by atoms with E-state index in [4.69, 9.17) is 0 Å². The van der Waals surface area contributed by atoms with E-state index < -0.39 is 5.60 Å². The summed E-state index contributed by atoms with van der Waals surface area (Å²) in [5.74, 6) is 0.840. The van der Waals surface area contributed by atoms with E-state index in [0.717, 1.165) is 31.4 Å². The summed E-state index contributed by atoms with van der Waals surface area (Å²) < 4.78 is 0. The molecule has 0 radical (unpaired) electrons. The fourth-order valence-electron chi connectivity index (χ4n) is 4.79. The second-order valence-corrected chi connectivity index (χ2v) is 7.60. The molecule has 19 heavy (non-hydrogen) atoms. The molecule has 2 nitrogen and oxygen atoms in total. The second kappa shape index (κ2) is 4.31. The molecule has 1 aromatic heterocycles. The van der Waals surface area contributed by atoms with Crippen LogP contribution < -0.4 is 0 Å². The fraction of sp³-hybridized carbons (Fsp3) is 0.706. The lowest BCUT2D eigenvalue weighted by atomic mass is 9.61. The fourth-order valence-corrected chi connectivity index (χ4v) is 4.79. The molecule has 2 aliphatic carbocycles. The minimum Gasteiger partial charge on any atom is -0.389 e. The van der Waals surface area contributed by atoms with Crippen molar-refractivity contribution in [3.05, 3.63) is 29.6 Å². The van der Waals surface area contributed by atoms with Crippen molar-refractivity contribution in [3.63, 3.8) is 0 Å². The van der Waals surface area contributed by atoms with Crippen molar-refractivity contribution in [2.45, 2.75) is 64.4 Å². The number of pyridine rings is 1. The predicted molar refractivity (Wildman–Crippen MR) is 77.0 cm³/mol. The number of aromatic nitrogens is 1. The summed E-state index contributed by atoms with van der Waals surface area (Å²) in [6, 6.07) is 4.18. The van der Waals surface area contributed by atoms with Crippen molar-refractivity contribution in [1.82, 2.24) is 4.98 Å². The van der Waals surface area contributed by atoms with Crippen molar-refractivity contribution < 1.29 is 5.11 Å². The van der Waals surface area contributed by atoms with E-state index in [9.17, 15) is 5.11 Å². The summed E-state index contributed by atoms with van der Waals surface area (Å²) in [5, 5.41) is 11.3. The number of nitrogens with zero attached hydrogens (tertiary/aromatic N) is 1. The van der Waals surface area contributed by atoms with Crippen LogP contribution in [0.1, 0.15) is 63.6 Å². The van der Waals surface area contributed by atoms with Gasteiger partial charge in [0.25, 0.3) is 0 Å². The Kier molecular flexibility index (Phi) is 2.97. The van der Waals surface area contributed by atoms with Crippen LogP contribution in [0.15, 0.2) is 18.3 Å². The molecular weight excluding hydrogens is 234 g/mol. The van der Waals surface area contributed by atoms with Crippen molar-refractivity contribution in [2.75, 3.05) is 0 Å². The molecule has 3 rings (SSSR count). The van der Waals surface area contributed by atoms with E-state index in [-0.39, 0.29) is 11.3 Å². The predicted octanol–water partition coefficient (Wildman–Crippen LogP) is 3.69. The number of aryl methyl sites for hydroxylation is 1. The monoisotopic (exact) mass is 259 g/mol. The maximum absolute atomic E-state index is 11.3. The Morgan fingerprint density at radius 3 is 2.84 bits per heavy atom. The molecule has 1 saturated carbocycles. The van der Waals surface area contributed by atoms with E-state index >= 15 is 0 Å². The standard InChI is InChI=1S/C17H25NO/c1-12-9-16(2,3)11-17(19,10-12)14-7-6-13-5-4-8-18-15(13)14/h4-5,8,12,14,19H,6-7,9-11H2,1-3H3. The van der Waals surface area contributed by atoms with Crippen LogP contribution in [0.2, 0.25) is 0 Å². The van der Waals surface area contributed by atoms with Crippen LogP contribution in [-0.2, 0) is 6.42 Å². The van der Waals surface area contributed by atoms with Crippen molar-refractivity contribution in [2.24, 2.45) is 11.3 Å². The highest BCUT2D eigenvalue weighted by Gasteiger charge is 2.48. The summed E-state index contributed by atoms with van der Waals surface area (Å²) in [6.45, 7) is 6.87. The Hall–Kier alpha value is -0.890. The maximum atomic E-state index is 11.3. The quantitative estimate of drug-likeness (QED) is 0.834. The number of fused-ring (bicyclic) bond motifs is 1. The summed E-state index contributed by atoms with van der Waals surface area (Å²) in [7, 11) is 0. The van der Waals surface area contributed by atoms with Gasteiger partial charge in [0.15, 0.2) is 0 Å². The van der Waals surface area contributed by atoms with Crippen molar-refractivity contribution in [1.29, 1.82) is 0 Å². The normalized spacial score (nSPS) is 37.1. The Morgan fingerprint density at radius 1 is 1.32 bits per heavy atom. The van der Waals surface area contributed by atoms with Crippen LogP contribution in [0.3, 0.4) is 0 Å². The summed E-state index contributed by atoms with van der Waals surface area (Å²) in [6.07, 6.45) is 7.06. The highest BCUT2D eigenvalue weighted by molar-refractivity contribution is 5.31. The molecule has 2 aliphatic rings. The first-order valence-electron chi connectivity index (χ1n) is 7.56. The third-order valence-corrected chi connectivity index (χ3v) is 4.99. The van der Waals surface area contributed by atoms with Crippen LogP contribution in [-0.4, -0.2) is 15.7 Å². The molecule has 1 fully saturated rings. The van der Waals surface area contributed by atoms with Gasteiger partial charge in [-0.05, 0) is 55.1 Å². The topological polar surface area (TPSA) is 33.1 Å². The molecular formula is C17H25NO. The number of hydrogen-bond donors (Lipinski definition) is 1. The Labute approximate surface area is 116 Å². The van der Waals surface area contributed by atoms with Crippen LogP contribution >= 0.6 is 0 Å². The Bertz CT molecular complexity index is 482. The lowest BCUT2D eigenvalue weighted by Crippen LogP contribution is -2.46. The van der Waals surface area contributed by atoms with Gasteiger partial charge in [-0.25, -0.2) is 0 Å². The van der Waals surface area contributed by atoms with E-state index in [1.54, 1.807) is 0 Å². The number of aliphatic hydroxyl groups is 1. The first-order chi connectivity index (χ1) is 8.90. The van der Waals surface area contributed by atoms with Gasteiger partial charge in [-0.2, -0.15) is 0 Å². The molecule has 1 N–H and O–H groups in total. The highest BCUT2D eigenvalue weighted by Crippen LogP contribution is 2.52. The van der Waals surface area contributed by atoms with Crippen molar-refractivity contribution >= 4 is 0 Å². The molecule has 0 amide bonds. The number of rotatable bonds is 1. The van der Waals surface area contributed by atoms with E-state index in [1.165, 1.54) is 12.0 Å². The van der Waals surface area contributed by atoms with Gasteiger partial charge in [-0.1, -0.05) is 26.8 Å². The molecule has 3 atom stereocenters. The van der Waals surface area contributed by atoms with Gasteiger partial charge >= 0.3 is 0 Å². The zero-order valence-corrected chi connectivity index (χ0v) is 12.3. The first-order valence-corrected chi connectivity index (χ1v) is 7.56. The van der Waals surface area contributed by atoms with Gasteiger partial charge in [0.1, 0.15) is 0 Å². The molecule has 0 aromatic carbocycles. The zero-order chi connectivity index (χ0) is 13.7. The summed E-state index contributed by atoms with van der Waals surface area (Å²) in [4.78, 5) is 4.57. The van der Waals surface area contributed by atoms with Gasteiger partial charge in [0.2, 0.25) is 0 Å². The highest BCUT2D eigenvalue weighted by atomic mass is 16.3. The lowest BCUT2D eigenvalue weighted by molar-refractivity contribution is -0.0778. The van der Waals surface area contributed by atoms with Crippen molar-refractivity contribution in [3.8, 4) is 0 Å². The SMILES string of the molecule is CC1CC(C)(C)CC(O)(C2CCc3cccnc32)C1. The van der Waals surface area contributed by atoms with Gasteiger partial charge in [0.05, 0.1) is 5.60 Å². The van der Waals surface area contributed by atoms with Crippen LogP contribution in [0.5, 0.6) is 0 Å². The number of hydrogen-bond acceptors (Lipinski definition) is 2. The maximum Gasteiger partial charge on any atom is 0.0738 e. The van der Waals surface area contributed by atoms with E-state index in [1.807, 2.05) is 12.3 Å². The molecule has 1 heterocycles.